The highest BCUT2D eigenvalue weighted by Gasteiger charge is 2.33. The van der Waals surface area contributed by atoms with Crippen LogP contribution in [0.15, 0.2) is 60.7 Å². The van der Waals surface area contributed by atoms with Gasteiger partial charge in [0.15, 0.2) is 17.3 Å². The average molecular weight is 345 g/mol. The van der Waals surface area contributed by atoms with Crippen LogP contribution >= 0.6 is 0 Å². The fraction of sp³-hybridized carbons (Fsp3) is 0.143. The standard InChI is InChI=1S/C21H19N3O2/c1-14-19-21(24(22-14)15(2)25)23(3)18(16-10-6-4-7-11-16)20(26-19)17-12-8-5-9-13-17/h4-13H,1-3H3. The molecule has 0 saturated heterocycles. The Morgan fingerprint density at radius 2 is 1.54 bits per heavy atom. The number of aromatic nitrogens is 2. The summed E-state index contributed by atoms with van der Waals surface area (Å²) in [6.45, 7) is 3.35. The number of fused-ring (bicyclic) bond motifs is 1. The van der Waals surface area contributed by atoms with E-state index in [2.05, 4.69) is 5.10 Å². The Kier molecular flexibility index (Phi) is 3.84. The van der Waals surface area contributed by atoms with Gasteiger partial charge >= 0.3 is 0 Å². The number of hydrogen-bond donors (Lipinski definition) is 0. The highest BCUT2D eigenvalue weighted by atomic mass is 16.5. The summed E-state index contributed by atoms with van der Waals surface area (Å²) >= 11 is 0. The maximum atomic E-state index is 12.1. The van der Waals surface area contributed by atoms with Crippen molar-refractivity contribution in [1.82, 2.24) is 9.78 Å². The topological polar surface area (TPSA) is 47.4 Å². The maximum Gasteiger partial charge on any atom is 0.245 e. The van der Waals surface area contributed by atoms with Crippen molar-refractivity contribution in [3.63, 3.8) is 0 Å². The van der Waals surface area contributed by atoms with E-state index >= 15 is 0 Å². The fourth-order valence-electron chi connectivity index (χ4n) is 3.25. The first-order valence-electron chi connectivity index (χ1n) is 8.45. The molecule has 2 heterocycles. The Balaban J connectivity index is 1.99. The number of nitrogens with zero attached hydrogens (tertiary/aromatic N) is 3. The van der Waals surface area contributed by atoms with E-state index in [4.69, 9.17) is 4.74 Å². The van der Waals surface area contributed by atoms with Crippen LogP contribution < -0.4 is 9.64 Å². The molecule has 0 unspecified atom stereocenters. The molecule has 0 amide bonds. The zero-order chi connectivity index (χ0) is 18.3. The summed E-state index contributed by atoms with van der Waals surface area (Å²) in [6.07, 6.45) is 0. The van der Waals surface area contributed by atoms with Crippen molar-refractivity contribution >= 4 is 23.2 Å². The van der Waals surface area contributed by atoms with Crippen LogP contribution in [0.3, 0.4) is 0 Å². The molecule has 0 aliphatic carbocycles. The first-order valence-corrected chi connectivity index (χ1v) is 8.45. The van der Waals surface area contributed by atoms with Gasteiger partial charge in [-0.2, -0.15) is 9.78 Å². The number of benzene rings is 2. The average Bonchev–Trinajstić information content (AvgIpc) is 3.00. The quantitative estimate of drug-likeness (QED) is 0.698. The Morgan fingerprint density at radius 3 is 2.12 bits per heavy atom. The van der Waals surface area contributed by atoms with Gasteiger partial charge in [0.25, 0.3) is 0 Å². The van der Waals surface area contributed by atoms with Crippen LogP contribution in [-0.2, 0) is 0 Å². The summed E-state index contributed by atoms with van der Waals surface area (Å²) in [5.41, 5.74) is 3.56. The van der Waals surface area contributed by atoms with Gasteiger partial charge in [-0.15, -0.1) is 0 Å². The van der Waals surface area contributed by atoms with Crippen molar-refractivity contribution in [2.45, 2.75) is 13.8 Å². The SMILES string of the molecule is CC(=O)n1nc(C)c2c1N(C)C(c1ccccc1)=C(c1ccccc1)O2. The largest absolute Gasteiger partial charge is 0.449 e. The molecule has 0 radical (unpaired) electrons. The number of ether oxygens (including phenoxy) is 1. The molecule has 3 aromatic rings. The molecule has 1 aliphatic rings. The number of anilines is 1. The van der Waals surface area contributed by atoms with Gasteiger partial charge in [-0.25, -0.2) is 0 Å². The number of hydrogen-bond acceptors (Lipinski definition) is 4. The Labute approximate surface area is 152 Å². The third kappa shape index (κ3) is 2.49. The molecule has 4 rings (SSSR count). The van der Waals surface area contributed by atoms with E-state index in [9.17, 15) is 4.79 Å². The Morgan fingerprint density at radius 1 is 0.962 bits per heavy atom. The summed E-state index contributed by atoms with van der Waals surface area (Å²) in [4.78, 5) is 14.1. The lowest BCUT2D eigenvalue weighted by molar-refractivity contribution is 0.0922. The van der Waals surface area contributed by atoms with Crippen LogP contribution in [0.5, 0.6) is 5.75 Å². The molecule has 0 fully saturated rings. The molecule has 0 N–H and O–H groups in total. The summed E-state index contributed by atoms with van der Waals surface area (Å²) < 4.78 is 7.72. The van der Waals surface area contributed by atoms with Gasteiger partial charge in [-0.3, -0.25) is 4.79 Å². The molecule has 2 aromatic carbocycles. The molecule has 130 valence electrons. The summed E-state index contributed by atoms with van der Waals surface area (Å²) in [5, 5.41) is 4.37. The monoisotopic (exact) mass is 345 g/mol. The number of aryl methyl sites for hydroxylation is 1. The molecule has 5 nitrogen and oxygen atoms in total. The van der Waals surface area contributed by atoms with Crippen molar-refractivity contribution in [2.75, 3.05) is 11.9 Å². The second-order valence-corrected chi connectivity index (χ2v) is 6.24. The highest BCUT2D eigenvalue weighted by molar-refractivity contribution is 5.99. The van der Waals surface area contributed by atoms with Crippen LogP contribution in [0.25, 0.3) is 11.5 Å². The maximum absolute atomic E-state index is 12.1. The first-order chi connectivity index (χ1) is 12.6. The number of carbonyl (C=O) groups is 1. The predicted octanol–water partition coefficient (Wildman–Crippen LogP) is 4.21. The zero-order valence-corrected chi connectivity index (χ0v) is 14.9. The van der Waals surface area contributed by atoms with Crippen molar-refractivity contribution in [2.24, 2.45) is 0 Å². The molecule has 1 aromatic heterocycles. The van der Waals surface area contributed by atoms with Gasteiger partial charge in [-0.1, -0.05) is 60.7 Å². The van der Waals surface area contributed by atoms with Gasteiger partial charge in [-0.05, 0) is 6.92 Å². The Hall–Kier alpha value is -3.34. The van der Waals surface area contributed by atoms with Crippen molar-refractivity contribution in [3.8, 4) is 5.75 Å². The van der Waals surface area contributed by atoms with E-state index in [-0.39, 0.29) is 5.91 Å². The highest BCUT2D eigenvalue weighted by Crippen LogP contribution is 2.44. The third-order valence-corrected chi connectivity index (χ3v) is 4.44. The normalized spacial score (nSPS) is 13.4. The lowest BCUT2D eigenvalue weighted by atomic mass is 10.0. The molecule has 0 saturated carbocycles. The van der Waals surface area contributed by atoms with Gasteiger partial charge in [0.2, 0.25) is 5.91 Å². The molecule has 5 heteroatoms. The summed E-state index contributed by atoms with van der Waals surface area (Å²) in [7, 11) is 1.94. The second kappa shape index (κ2) is 6.19. The fourth-order valence-corrected chi connectivity index (χ4v) is 3.25. The van der Waals surface area contributed by atoms with Crippen molar-refractivity contribution in [3.05, 3.63) is 77.5 Å². The van der Waals surface area contributed by atoms with Crippen LogP contribution in [0, 0.1) is 6.92 Å². The number of rotatable bonds is 2. The van der Waals surface area contributed by atoms with Gasteiger partial charge in [0.05, 0.1) is 5.70 Å². The van der Waals surface area contributed by atoms with E-state index < -0.39 is 0 Å². The van der Waals surface area contributed by atoms with Crippen LogP contribution in [0.1, 0.15) is 28.5 Å². The third-order valence-electron chi connectivity index (χ3n) is 4.44. The van der Waals surface area contributed by atoms with Gasteiger partial charge < -0.3 is 9.64 Å². The van der Waals surface area contributed by atoms with E-state index in [0.29, 0.717) is 17.3 Å². The summed E-state index contributed by atoms with van der Waals surface area (Å²) in [6, 6.07) is 20.0. The van der Waals surface area contributed by atoms with Gasteiger partial charge in [0.1, 0.15) is 5.69 Å². The minimum Gasteiger partial charge on any atom is -0.449 e. The van der Waals surface area contributed by atoms with E-state index in [1.807, 2.05) is 79.5 Å². The lowest BCUT2D eigenvalue weighted by Gasteiger charge is -2.31. The molecule has 1 aliphatic heterocycles. The van der Waals surface area contributed by atoms with Crippen molar-refractivity contribution in [1.29, 1.82) is 0 Å². The summed E-state index contributed by atoms with van der Waals surface area (Å²) in [5.74, 6) is 1.85. The smallest absolute Gasteiger partial charge is 0.245 e. The molecular weight excluding hydrogens is 326 g/mol. The molecule has 0 atom stereocenters. The Bertz CT molecular complexity index is 1000. The minimum absolute atomic E-state index is 0.152. The van der Waals surface area contributed by atoms with Crippen LogP contribution in [0.4, 0.5) is 5.82 Å². The predicted molar refractivity (Wildman–Crippen MR) is 102 cm³/mol. The van der Waals surface area contributed by atoms with Crippen LogP contribution in [-0.4, -0.2) is 22.7 Å². The minimum atomic E-state index is -0.152. The van der Waals surface area contributed by atoms with E-state index in [0.717, 1.165) is 22.6 Å². The molecular formula is C21H19N3O2. The van der Waals surface area contributed by atoms with Crippen molar-refractivity contribution < 1.29 is 9.53 Å². The molecule has 0 bridgehead atoms. The lowest BCUT2D eigenvalue weighted by Crippen LogP contribution is -2.27. The molecule has 0 spiro atoms. The van der Waals surface area contributed by atoms with E-state index in [1.54, 1.807) is 0 Å². The first kappa shape index (κ1) is 16.1. The van der Waals surface area contributed by atoms with Crippen LogP contribution in [0.2, 0.25) is 0 Å². The van der Waals surface area contributed by atoms with Gasteiger partial charge in [0, 0.05) is 25.1 Å². The van der Waals surface area contributed by atoms with E-state index in [1.165, 1.54) is 11.6 Å². The number of carbonyl (C=O) groups excluding carboxylic acids is 1. The molecule has 26 heavy (non-hydrogen) atoms. The second-order valence-electron chi connectivity index (χ2n) is 6.24. The zero-order valence-electron chi connectivity index (χ0n) is 14.9.